The Morgan fingerprint density at radius 1 is 1.15 bits per heavy atom. The fourth-order valence-electron chi connectivity index (χ4n) is 2.14. The van der Waals surface area contributed by atoms with Crippen LogP contribution in [0.5, 0.6) is 0 Å². The summed E-state index contributed by atoms with van der Waals surface area (Å²) in [5.74, 6) is 0.152. The molecule has 0 aliphatic heterocycles. The predicted molar refractivity (Wildman–Crippen MR) is 120 cm³/mol. The van der Waals surface area contributed by atoms with Crippen LogP contribution in [0.1, 0.15) is 12.0 Å². The van der Waals surface area contributed by atoms with E-state index in [0.29, 0.717) is 13.2 Å². The summed E-state index contributed by atoms with van der Waals surface area (Å²) in [5.41, 5.74) is 8.45. The van der Waals surface area contributed by atoms with Crippen LogP contribution in [0, 0.1) is 0 Å². The second-order valence-corrected chi connectivity index (χ2v) is 6.20. The molecule has 2 rings (SSSR count). The van der Waals surface area contributed by atoms with Crippen molar-refractivity contribution in [2.24, 2.45) is 10.7 Å². The molecule has 26 heavy (non-hydrogen) atoms. The number of carbonyl (C=O) groups excluding carboxylic acids is 1. The van der Waals surface area contributed by atoms with Crippen molar-refractivity contribution >= 4 is 63.1 Å². The quantitative estimate of drug-likeness (QED) is 0.286. The molecule has 0 saturated carbocycles. The second-order valence-electron chi connectivity index (χ2n) is 5.29. The van der Waals surface area contributed by atoms with E-state index in [0.717, 1.165) is 21.4 Å². The first kappa shape index (κ1) is 22.4. The highest BCUT2D eigenvalue weighted by Crippen LogP contribution is 2.16. The fourth-order valence-corrected chi connectivity index (χ4v) is 2.40. The van der Waals surface area contributed by atoms with Gasteiger partial charge in [-0.05, 0) is 30.3 Å². The summed E-state index contributed by atoms with van der Waals surface area (Å²) < 4.78 is 6.11. The summed E-state index contributed by atoms with van der Waals surface area (Å²) in [6.07, 6.45) is 0.248. The number of halogens is 2. The standard InChI is InChI=1S/C18H21BrN4O2.HI/c1-25-12-13-4-2-3-5-16(13)23-18(20)21-11-10-17(24)22-15-8-6-14(19)7-9-15;/h2-9H,10-12H2,1H3,(H,22,24)(H3,20,21,23);1H. The van der Waals surface area contributed by atoms with Crippen LogP contribution < -0.4 is 16.4 Å². The Morgan fingerprint density at radius 3 is 2.54 bits per heavy atom. The van der Waals surface area contributed by atoms with Gasteiger partial charge in [-0.3, -0.25) is 9.79 Å². The van der Waals surface area contributed by atoms with Crippen LogP contribution in [-0.2, 0) is 16.1 Å². The molecule has 140 valence electrons. The van der Waals surface area contributed by atoms with Crippen LogP contribution in [0.3, 0.4) is 0 Å². The van der Waals surface area contributed by atoms with Gasteiger partial charge in [0.1, 0.15) is 0 Å². The van der Waals surface area contributed by atoms with E-state index in [1.165, 1.54) is 0 Å². The van der Waals surface area contributed by atoms with Crippen molar-refractivity contribution in [3.63, 3.8) is 0 Å². The van der Waals surface area contributed by atoms with Crippen molar-refractivity contribution < 1.29 is 9.53 Å². The third kappa shape index (κ3) is 7.71. The molecule has 0 radical (unpaired) electrons. The van der Waals surface area contributed by atoms with Crippen molar-refractivity contribution in [2.45, 2.75) is 13.0 Å². The number of para-hydroxylation sites is 1. The molecule has 2 aromatic rings. The largest absolute Gasteiger partial charge is 0.380 e. The molecule has 4 N–H and O–H groups in total. The molecule has 0 bridgehead atoms. The number of methoxy groups -OCH3 is 1. The zero-order valence-electron chi connectivity index (χ0n) is 14.4. The minimum Gasteiger partial charge on any atom is -0.380 e. The van der Waals surface area contributed by atoms with Gasteiger partial charge < -0.3 is 21.1 Å². The monoisotopic (exact) mass is 532 g/mol. The third-order valence-corrected chi connectivity index (χ3v) is 3.86. The summed E-state index contributed by atoms with van der Waals surface area (Å²) in [6, 6.07) is 15.1. The first-order chi connectivity index (χ1) is 12.1. The Balaban J connectivity index is 0.00000338. The zero-order valence-corrected chi connectivity index (χ0v) is 18.3. The molecule has 6 nitrogen and oxygen atoms in total. The Morgan fingerprint density at radius 2 is 1.85 bits per heavy atom. The lowest BCUT2D eigenvalue weighted by molar-refractivity contribution is -0.116. The van der Waals surface area contributed by atoms with E-state index in [2.05, 4.69) is 31.6 Å². The van der Waals surface area contributed by atoms with Gasteiger partial charge in [-0.25, -0.2) is 0 Å². The van der Waals surface area contributed by atoms with Gasteiger partial charge in [0, 0.05) is 34.9 Å². The molecule has 0 aliphatic rings. The molecule has 0 aliphatic carbocycles. The minimum absolute atomic E-state index is 0. The van der Waals surface area contributed by atoms with E-state index in [4.69, 9.17) is 10.5 Å². The van der Waals surface area contributed by atoms with Crippen molar-refractivity contribution in [3.05, 3.63) is 58.6 Å². The highest BCUT2D eigenvalue weighted by atomic mass is 127. The van der Waals surface area contributed by atoms with Gasteiger partial charge in [-0.1, -0.05) is 34.1 Å². The molecule has 0 heterocycles. The molecular weight excluding hydrogens is 511 g/mol. The minimum atomic E-state index is -0.112. The van der Waals surface area contributed by atoms with Gasteiger partial charge >= 0.3 is 0 Å². The average Bonchev–Trinajstić information content (AvgIpc) is 2.59. The number of anilines is 2. The van der Waals surface area contributed by atoms with Crippen molar-refractivity contribution in [1.29, 1.82) is 0 Å². The number of nitrogens with zero attached hydrogens (tertiary/aromatic N) is 1. The van der Waals surface area contributed by atoms with E-state index in [9.17, 15) is 4.79 Å². The first-order valence-electron chi connectivity index (χ1n) is 7.77. The Kier molecular flexibility index (Phi) is 10.2. The number of aliphatic imine (C=N–C) groups is 1. The van der Waals surface area contributed by atoms with Gasteiger partial charge in [0.25, 0.3) is 0 Å². The number of nitrogens with one attached hydrogen (secondary N) is 2. The Hall–Kier alpha value is -1.65. The molecule has 1 amide bonds. The number of amides is 1. The van der Waals surface area contributed by atoms with Crippen LogP contribution in [0.25, 0.3) is 0 Å². The molecule has 8 heteroatoms. The number of hydrogen-bond donors (Lipinski definition) is 3. The molecule has 0 fully saturated rings. The van der Waals surface area contributed by atoms with Gasteiger partial charge in [-0.15, -0.1) is 24.0 Å². The van der Waals surface area contributed by atoms with Gasteiger partial charge in [-0.2, -0.15) is 0 Å². The smallest absolute Gasteiger partial charge is 0.226 e. The van der Waals surface area contributed by atoms with E-state index in [1.54, 1.807) is 7.11 Å². The molecule has 0 aromatic heterocycles. The zero-order chi connectivity index (χ0) is 18.1. The van der Waals surface area contributed by atoms with Crippen LogP contribution >= 0.6 is 39.9 Å². The number of carbonyl (C=O) groups is 1. The number of ether oxygens (including phenoxy) is 1. The van der Waals surface area contributed by atoms with Gasteiger partial charge in [0.2, 0.25) is 5.91 Å². The molecule has 0 spiro atoms. The number of benzene rings is 2. The number of nitrogens with two attached hydrogens (primary N) is 1. The average molecular weight is 533 g/mol. The Labute approximate surface area is 178 Å². The summed E-state index contributed by atoms with van der Waals surface area (Å²) in [5, 5.41) is 5.85. The molecule has 0 atom stereocenters. The second kappa shape index (κ2) is 11.9. The molecular formula is C18H22BrIN4O2. The van der Waals surface area contributed by atoms with Gasteiger partial charge in [0.15, 0.2) is 5.96 Å². The number of rotatable bonds is 7. The van der Waals surface area contributed by atoms with E-state index >= 15 is 0 Å². The van der Waals surface area contributed by atoms with Crippen LogP contribution in [0.4, 0.5) is 11.4 Å². The first-order valence-corrected chi connectivity index (χ1v) is 8.57. The van der Waals surface area contributed by atoms with Crippen molar-refractivity contribution in [1.82, 2.24) is 0 Å². The molecule has 0 unspecified atom stereocenters. The van der Waals surface area contributed by atoms with Crippen LogP contribution in [0.15, 0.2) is 58.0 Å². The summed E-state index contributed by atoms with van der Waals surface area (Å²) in [6.45, 7) is 0.777. The Bertz CT molecular complexity index is 738. The van der Waals surface area contributed by atoms with E-state index < -0.39 is 0 Å². The normalized spacial score (nSPS) is 10.8. The fraction of sp³-hybridized carbons (Fsp3) is 0.222. The third-order valence-electron chi connectivity index (χ3n) is 3.33. The SMILES string of the molecule is COCc1ccccc1NC(N)=NCCC(=O)Nc1ccc(Br)cc1.I. The maximum atomic E-state index is 11.9. The lowest BCUT2D eigenvalue weighted by Gasteiger charge is -2.10. The number of guanidine groups is 1. The van der Waals surface area contributed by atoms with Crippen molar-refractivity contribution in [3.8, 4) is 0 Å². The van der Waals surface area contributed by atoms with E-state index in [1.807, 2.05) is 48.5 Å². The molecule has 0 saturated heterocycles. The lowest BCUT2D eigenvalue weighted by atomic mass is 10.2. The maximum Gasteiger partial charge on any atom is 0.226 e. The van der Waals surface area contributed by atoms with Crippen LogP contribution in [-0.4, -0.2) is 25.5 Å². The predicted octanol–water partition coefficient (Wildman–Crippen LogP) is 3.97. The van der Waals surface area contributed by atoms with E-state index in [-0.39, 0.29) is 42.3 Å². The van der Waals surface area contributed by atoms with Crippen molar-refractivity contribution in [2.75, 3.05) is 24.3 Å². The van der Waals surface area contributed by atoms with Crippen LogP contribution in [0.2, 0.25) is 0 Å². The highest BCUT2D eigenvalue weighted by Gasteiger charge is 2.04. The topological polar surface area (TPSA) is 88.7 Å². The number of hydrogen-bond acceptors (Lipinski definition) is 3. The molecule has 2 aromatic carbocycles. The lowest BCUT2D eigenvalue weighted by Crippen LogP contribution is -2.24. The summed E-state index contributed by atoms with van der Waals surface area (Å²) in [4.78, 5) is 16.1. The highest BCUT2D eigenvalue weighted by molar-refractivity contribution is 14.0. The summed E-state index contributed by atoms with van der Waals surface area (Å²) in [7, 11) is 1.64. The maximum absolute atomic E-state index is 11.9. The van der Waals surface area contributed by atoms with Gasteiger partial charge in [0.05, 0.1) is 13.2 Å². The summed E-state index contributed by atoms with van der Waals surface area (Å²) >= 11 is 3.35.